The monoisotopic (exact) mass is 1000 g/mol. The minimum absolute atomic E-state index is 0.0526. The zero-order chi connectivity index (χ0) is 50.1. The Morgan fingerprint density at radius 2 is 1.26 bits per heavy atom. The van der Waals surface area contributed by atoms with E-state index in [2.05, 4.69) is 33.8 Å². The molecule has 0 radical (unpaired) electrons. The van der Waals surface area contributed by atoms with Gasteiger partial charge in [0, 0.05) is 12.3 Å². The minimum Gasteiger partial charge on any atom is -0.388 e. The summed E-state index contributed by atoms with van der Waals surface area (Å²) < 4.78 is 61.6. The molecule has 4 aliphatic carbocycles. The lowest BCUT2D eigenvalue weighted by Gasteiger charge is -2.58. The van der Waals surface area contributed by atoms with E-state index in [1.807, 2.05) is 0 Å². The average Bonchev–Trinajstić information content (AvgIpc) is 3.77. The number of aliphatic hydroxyl groups is 10. The van der Waals surface area contributed by atoms with Crippen LogP contribution in [0.25, 0.3) is 0 Å². The van der Waals surface area contributed by atoms with Gasteiger partial charge in [0.1, 0.15) is 73.8 Å². The summed E-state index contributed by atoms with van der Waals surface area (Å²) in [6.45, 7) is 13.8. The molecule has 10 N–H and O–H groups in total. The van der Waals surface area contributed by atoms with Gasteiger partial charge in [0.05, 0.1) is 37.1 Å². The molecule has 0 aromatic rings. The molecule has 6 saturated heterocycles. The van der Waals surface area contributed by atoms with Gasteiger partial charge in [-0.1, -0.05) is 39.3 Å². The van der Waals surface area contributed by atoms with Crippen molar-refractivity contribution in [1.82, 2.24) is 0 Å². The van der Waals surface area contributed by atoms with Crippen molar-refractivity contribution in [3.8, 4) is 0 Å². The van der Waals surface area contributed by atoms with Crippen LogP contribution in [0.2, 0.25) is 0 Å². The van der Waals surface area contributed by atoms with Crippen molar-refractivity contribution in [1.29, 1.82) is 0 Å². The SMILES string of the molecule is CC1CCC2(OC1)OC1CC3C4CC=C5CC(OC6OCC(O)(OC7OC(C)C(O)C(O)C7OC7OC(C)C(O)C(O)C7O)C(OC7OC(C)C(O)C(O)C7O)C6O)CCC5(C)C4CCC3(C)C1C2C. The van der Waals surface area contributed by atoms with E-state index in [0.29, 0.717) is 48.3 Å². The van der Waals surface area contributed by atoms with Gasteiger partial charge in [0.25, 0.3) is 0 Å². The van der Waals surface area contributed by atoms with Crippen molar-refractivity contribution in [2.45, 2.75) is 241 Å². The lowest BCUT2D eigenvalue weighted by Crippen LogP contribution is -2.70. The Morgan fingerprint density at radius 1 is 0.629 bits per heavy atom. The van der Waals surface area contributed by atoms with Crippen molar-refractivity contribution in [2.24, 2.45) is 46.3 Å². The van der Waals surface area contributed by atoms with E-state index < -0.39 is 135 Å². The van der Waals surface area contributed by atoms with Crippen molar-refractivity contribution in [3.05, 3.63) is 11.6 Å². The number of allylic oxidation sites excluding steroid dienone is 1. The molecule has 6 aliphatic heterocycles. The lowest BCUT2D eigenvalue weighted by atomic mass is 9.47. The summed E-state index contributed by atoms with van der Waals surface area (Å²) in [5.74, 6) is -0.264. The molecule has 1 spiro atoms. The maximum absolute atomic E-state index is 12.4. The number of fused-ring (bicyclic) bond motifs is 7. The first-order chi connectivity index (χ1) is 33.0. The maximum atomic E-state index is 12.4. The molecule has 20 heteroatoms. The molecule has 70 heavy (non-hydrogen) atoms. The molecule has 0 bridgehead atoms. The summed E-state index contributed by atoms with van der Waals surface area (Å²) in [5, 5.41) is 110. The Balaban J connectivity index is 0.852. The van der Waals surface area contributed by atoms with E-state index in [1.54, 1.807) is 0 Å². The predicted octanol–water partition coefficient (Wildman–Crippen LogP) is 0.0526. The van der Waals surface area contributed by atoms with Crippen LogP contribution in [0.3, 0.4) is 0 Å². The molecular weight excluding hydrogens is 921 g/mol. The first-order valence-corrected chi connectivity index (χ1v) is 26.1. The molecule has 30 atom stereocenters. The highest BCUT2D eigenvalue weighted by molar-refractivity contribution is 5.26. The van der Waals surface area contributed by atoms with E-state index in [0.717, 1.165) is 51.6 Å². The Morgan fingerprint density at radius 3 is 1.90 bits per heavy atom. The minimum atomic E-state index is -2.73. The highest BCUT2D eigenvalue weighted by atomic mass is 16.8. The highest BCUT2D eigenvalue weighted by Gasteiger charge is 2.69. The topological polar surface area (TPSA) is 295 Å². The number of ether oxygens (including phenoxy) is 10. The van der Waals surface area contributed by atoms with Crippen LogP contribution < -0.4 is 0 Å². The third-order valence-electron chi connectivity index (χ3n) is 19.4. The number of hydrogen-bond donors (Lipinski definition) is 10. The zero-order valence-electron chi connectivity index (χ0n) is 41.4. The fourth-order valence-corrected chi connectivity index (χ4v) is 15.1. The van der Waals surface area contributed by atoms with Gasteiger partial charge in [-0.15, -0.1) is 0 Å². The molecule has 3 saturated carbocycles. The van der Waals surface area contributed by atoms with Crippen LogP contribution >= 0.6 is 0 Å². The first kappa shape index (κ1) is 52.4. The number of rotatable bonds is 8. The standard InChI is InChI=1S/C50H80O20/c1-20-10-15-50(62-18-20)21(2)31-30(69-50)17-29-27-9-8-25-16-26(11-13-47(25,6)28(27)12-14-48(29,31)7)66-43-40(59)42(68-45-39(58)36(55)33(52)23(4)64-45)49(60,19-61-43)70-46-41(37(56)34(53)24(5)65-46)67-44-38(57)35(54)32(51)22(3)63-44/h8,20-24,26-46,51-60H,9-19H2,1-7H3. The van der Waals surface area contributed by atoms with Gasteiger partial charge in [-0.25, -0.2) is 0 Å². The molecule has 0 aromatic carbocycles. The molecule has 0 amide bonds. The van der Waals surface area contributed by atoms with E-state index in [1.165, 1.54) is 26.3 Å². The smallest absolute Gasteiger partial charge is 0.222 e. The van der Waals surface area contributed by atoms with Crippen LogP contribution in [0, 0.1) is 46.3 Å². The van der Waals surface area contributed by atoms with Crippen molar-refractivity contribution < 1.29 is 98.4 Å². The normalized spacial score (nSPS) is 59.1. The summed E-state index contributed by atoms with van der Waals surface area (Å²) in [5.41, 5.74) is 1.44. The fraction of sp³-hybridized carbons (Fsp3) is 0.960. The quantitative estimate of drug-likeness (QED) is 0.114. The molecular formula is C50H80O20. The van der Waals surface area contributed by atoms with E-state index in [4.69, 9.17) is 47.4 Å². The van der Waals surface area contributed by atoms with Gasteiger partial charge >= 0.3 is 0 Å². The highest BCUT2D eigenvalue weighted by Crippen LogP contribution is 2.71. The van der Waals surface area contributed by atoms with Crippen molar-refractivity contribution in [3.63, 3.8) is 0 Å². The molecule has 10 rings (SSSR count). The van der Waals surface area contributed by atoms with Gasteiger partial charge in [0.2, 0.25) is 5.79 Å². The molecule has 9 fully saturated rings. The Bertz CT molecular complexity index is 1890. The summed E-state index contributed by atoms with van der Waals surface area (Å²) in [6.07, 6.45) is -18.2. The second kappa shape index (κ2) is 19.2. The van der Waals surface area contributed by atoms with E-state index >= 15 is 0 Å². The Hall–Kier alpha value is -1.06. The number of hydrogen-bond acceptors (Lipinski definition) is 20. The third kappa shape index (κ3) is 8.60. The first-order valence-electron chi connectivity index (χ1n) is 26.1. The summed E-state index contributed by atoms with van der Waals surface area (Å²) >= 11 is 0. The number of aliphatic hydroxyl groups excluding tert-OH is 9. The Kier molecular flexibility index (Phi) is 14.4. The zero-order valence-corrected chi connectivity index (χ0v) is 41.4. The molecule has 20 nitrogen and oxygen atoms in total. The van der Waals surface area contributed by atoms with Crippen LogP contribution in [0.15, 0.2) is 11.6 Å². The van der Waals surface area contributed by atoms with E-state index in [-0.39, 0.29) is 16.9 Å². The van der Waals surface area contributed by atoms with Crippen LogP contribution in [0.4, 0.5) is 0 Å². The molecule has 10 aliphatic rings. The third-order valence-corrected chi connectivity index (χ3v) is 19.4. The van der Waals surface area contributed by atoms with Gasteiger partial charge in [-0.05, 0) is 113 Å². The van der Waals surface area contributed by atoms with Crippen LogP contribution in [-0.2, 0) is 47.4 Å². The molecule has 0 aromatic heterocycles. The maximum Gasteiger partial charge on any atom is 0.222 e. The van der Waals surface area contributed by atoms with E-state index in [9.17, 15) is 51.1 Å². The van der Waals surface area contributed by atoms with Gasteiger partial charge in [-0.2, -0.15) is 0 Å². The predicted molar refractivity (Wildman–Crippen MR) is 239 cm³/mol. The summed E-state index contributed by atoms with van der Waals surface area (Å²) in [7, 11) is 0. The van der Waals surface area contributed by atoms with Gasteiger partial charge in [-0.3, -0.25) is 0 Å². The largest absolute Gasteiger partial charge is 0.388 e. The fourth-order valence-electron chi connectivity index (χ4n) is 15.1. The molecule has 6 heterocycles. The van der Waals surface area contributed by atoms with Crippen LogP contribution in [0.1, 0.15) is 106 Å². The van der Waals surface area contributed by atoms with Gasteiger partial charge in [0.15, 0.2) is 30.9 Å². The second-order valence-corrected chi connectivity index (χ2v) is 23.6. The van der Waals surface area contributed by atoms with Gasteiger partial charge < -0.3 is 98.4 Å². The summed E-state index contributed by atoms with van der Waals surface area (Å²) in [6, 6.07) is 0. The van der Waals surface area contributed by atoms with Crippen molar-refractivity contribution in [2.75, 3.05) is 13.2 Å². The Labute approximate surface area is 409 Å². The second-order valence-electron chi connectivity index (χ2n) is 23.6. The van der Waals surface area contributed by atoms with Crippen LogP contribution in [0.5, 0.6) is 0 Å². The molecule has 400 valence electrons. The summed E-state index contributed by atoms with van der Waals surface area (Å²) in [4.78, 5) is 0. The average molecular weight is 1000 g/mol. The van der Waals surface area contributed by atoms with Crippen LogP contribution in [-0.4, -0.2) is 199 Å². The lowest BCUT2D eigenvalue weighted by molar-refractivity contribution is -0.447. The van der Waals surface area contributed by atoms with Crippen molar-refractivity contribution >= 4 is 0 Å². The molecule has 30 unspecified atom stereocenters.